The fourth-order valence-electron chi connectivity index (χ4n) is 3.09. The summed E-state index contributed by atoms with van der Waals surface area (Å²) < 4.78 is 1.85. The summed E-state index contributed by atoms with van der Waals surface area (Å²) >= 11 is 0. The summed E-state index contributed by atoms with van der Waals surface area (Å²) in [5, 5.41) is 9.28. The highest BCUT2D eigenvalue weighted by atomic mass is 35.5. The molecule has 28 heavy (non-hydrogen) atoms. The molecule has 1 aliphatic rings. The van der Waals surface area contributed by atoms with Crippen molar-refractivity contribution in [2.24, 2.45) is 5.92 Å². The summed E-state index contributed by atoms with van der Waals surface area (Å²) in [4.78, 5) is 28.6. The third-order valence-electron chi connectivity index (χ3n) is 4.67. The molecule has 7 nitrogen and oxygen atoms in total. The van der Waals surface area contributed by atoms with Gasteiger partial charge in [-0.2, -0.15) is 0 Å². The van der Waals surface area contributed by atoms with E-state index in [0.717, 1.165) is 19.5 Å². The zero-order valence-electron chi connectivity index (χ0n) is 15.8. The second kappa shape index (κ2) is 11.7. The van der Waals surface area contributed by atoms with E-state index in [9.17, 15) is 9.59 Å². The molecule has 2 heterocycles. The molecule has 1 saturated heterocycles. The molecular formula is C19H27Cl2N5O2. The molecule has 1 fully saturated rings. The lowest BCUT2D eigenvalue weighted by atomic mass is 9.95. The number of anilines is 1. The number of hydrogen-bond donors (Lipinski definition) is 3. The monoisotopic (exact) mass is 427 g/mol. The predicted molar refractivity (Wildman–Crippen MR) is 114 cm³/mol. The van der Waals surface area contributed by atoms with Gasteiger partial charge in [0.1, 0.15) is 0 Å². The molecule has 1 aromatic heterocycles. The van der Waals surface area contributed by atoms with Crippen molar-refractivity contribution in [2.45, 2.75) is 32.4 Å². The fraction of sp³-hybridized carbons (Fsp3) is 0.421. The molecular weight excluding hydrogens is 401 g/mol. The van der Waals surface area contributed by atoms with Crippen molar-refractivity contribution in [1.29, 1.82) is 0 Å². The lowest BCUT2D eigenvalue weighted by Crippen LogP contribution is -2.48. The molecule has 0 radical (unpaired) electrons. The van der Waals surface area contributed by atoms with Crippen LogP contribution in [0, 0.1) is 5.92 Å². The lowest BCUT2D eigenvalue weighted by Gasteiger charge is -2.30. The summed E-state index contributed by atoms with van der Waals surface area (Å²) in [5.74, 6) is 0.209. The van der Waals surface area contributed by atoms with E-state index < -0.39 is 0 Å². The molecule has 2 amide bonds. The Hall–Kier alpha value is -2.09. The molecule has 1 aliphatic heterocycles. The van der Waals surface area contributed by atoms with E-state index in [2.05, 4.69) is 27.9 Å². The number of piperidine rings is 1. The van der Waals surface area contributed by atoms with Gasteiger partial charge in [0.2, 0.25) is 5.91 Å². The minimum absolute atomic E-state index is 0. The van der Waals surface area contributed by atoms with E-state index >= 15 is 0 Å². The molecule has 3 rings (SSSR count). The maximum absolute atomic E-state index is 12.5. The van der Waals surface area contributed by atoms with E-state index in [1.54, 1.807) is 36.8 Å². The van der Waals surface area contributed by atoms with Gasteiger partial charge in [-0.1, -0.05) is 13.0 Å². The van der Waals surface area contributed by atoms with Crippen molar-refractivity contribution < 1.29 is 9.59 Å². The Morgan fingerprint density at radius 2 is 2.14 bits per heavy atom. The first-order chi connectivity index (χ1) is 12.6. The summed E-state index contributed by atoms with van der Waals surface area (Å²) in [6.07, 6.45) is 6.46. The highest BCUT2D eigenvalue weighted by Gasteiger charge is 2.23. The average Bonchev–Trinajstić information content (AvgIpc) is 3.16. The minimum atomic E-state index is -0.0988. The maximum atomic E-state index is 12.5. The van der Waals surface area contributed by atoms with Crippen LogP contribution in [0.5, 0.6) is 0 Å². The first-order valence-corrected chi connectivity index (χ1v) is 8.99. The Morgan fingerprint density at radius 3 is 2.86 bits per heavy atom. The van der Waals surface area contributed by atoms with Crippen LogP contribution in [0.15, 0.2) is 43.0 Å². The van der Waals surface area contributed by atoms with Crippen molar-refractivity contribution in [3.05, 3.63) is 48.5 Å². The number of amides is 2. The number of nitrogens with zero attached hydrogens (tertiary/aromatic N) is 2. The Morgan fingerprint density at radius 1 is 1.32 bits per heavy atom. The smallest absolute Gasteiger partial charge is 0.251 e. The quantitative estimate of drug-likeness (QED) is 0.660. The number of carbonyl (C=O) groups excluding carboxylic acids is 2. The lowest BCUT2D eigenvalue weighted by molar-refractivity contribution is -0.116. The summed E-state index contributed by atoms with van der Waals surface area (Å²) in [7, 11) is 0. The third-order valence-corrected chi connectivity index (χ3v) is 4.67. The van der Waals surface area contributed by atoms with Crippen LogP contribution in [-0.4, -0.2) is 40.5 Å². The van der Waals surface area contributed by atoms with Crippen LogP contribution in [0.3, 0.4) is 0 Å². The van der Waals surface area contributed by atoms with Gasteiger partial charge in [-0.05, 0) is 43.6 Å². The third kappa shape index (κ3) is 6.82. The molecule has 2 aromatic rings. The van der Waals surface area contributed by atoms with E-state index in [1.807, 2.05) is 10.8 Å². The molecule has 0 spiro atoms. The molecule has 0 saturated carbocycles. The highest BCUT2D eigenvalue weighted by molar-refractivity contribution is 5.97. The number of imidazole rings is 1. The van der Waals surface area contributed by atoms with Crippen LogP contribution in [0.25, 0.3) is 0 Å². The average molecular weight is 428 g/mol. The summed E-state index contributed by atoms with van der Waals surface area (Å²) in [6.45, 7) is 4.54. The topological polar surface area (TPSA) is 88.0 Å². The summed E-state index contributed by atoms with van der Waals surface area (Å²) in [6, 6.07) is 7.24. The van der Waals surface area contributed by atoms with Crippen molar-refractivity contribution in [3.63, 3.8) is 0 Å². The zero-order chi connectivity index (χ0) is 18.4. The molecule has 3 N–H and O–H groups in total. The number of carbonyl (C=O) groups is 2. The van der Waals surface area contributed by atoms with Gasteiger partial charge in [-0.15, -0.1) is 24.8 Å². The molecule has 0 aliphatic carbocycles. The number of nitrogens with one attached hydrogen (secondary N) is 3. The molecule has 154 valence electrons. The van der Waals surface area contributed by atoms with Crippen molar-refractivity contribution in [2.75, 3.05) is 18.4 Å². The van der Waals surface area contributed by atoms with Gasteiger partial charge in [0.15, 0.2) is 0 Å². The van der Waals surface area contributed by atoms with Crippen LogP contribution in [0.4, 0.5) is 5.69 Å². The van der Waals surface area contributed by atoms with Crippen LogP contribution < -0.4 is 16.0 Å². The Bertz CT molecular complexity index is 755. The van der Waals surface area contributed by atoms with E-state index in [0.29, 0.717) is 30.1 Å². The van der Waals surface area contributed by atoms with Gasteiger partial charge in [-0.3, -0.25) is 9.59 Å². The Balaban J connectivity index is 0.00000196. The van der Waals surface area contributed by atoms with Gasteiger partial charge in [0, 0.05) is 42.7 Å². The van der Waals surface area contributed by atoms with Crippen LogP contribution in [-0.2, 0) is 11.3 Å². The van der Waals surface area contributed by atoms with E-state index in [1.165, 1.54) is 0 Å². The van der Waals surface area contributed by atoms with Gasteiger partial charge in [0.25, 0.3) is 5.91 Å². The maximum Gasteiger partial charge on any atom is 0.251 e. The molecule has 9 heteroatoms. The predicted octanol–water partition coefficient (Wildman–Crippen LogP) is 2.48. The Labute approximate surface area is 177 Å². The number of aryl methyl sites for hydroxylation is 1. The van der Waals surface area contributed by atoms with Crippen LogP contribution >= 0.6 is 24.8 Å². The Kier molecular flexibility index (Phi) is 9.99. The van der Waals surface area contributed by atoms with E-state index in [-0.39, 0.29) is 42.7 Å². The first-order valence-electron chi connectivity index (χ1n) is 8.99. The number of hydrogen-bond acceptors (Lipinski definition) is 4. The first kappa shape index (κ1) is 23.9. The number of aromatic nitrogens is 2. The summed E-state index contributed by atoms with van der Waals surface area (Å²) in [5.41, 5.74) is 1.19. The molecule has 2 atom stereocenters. The molecule has 2 unspecified atom stereocenters. The van der Waals surface area contributed by atoms with Gasteiger partial charge < -0.3 is 20.5 Å². The van der Waals surface area contributed by atoms with Crippen molar-refractivity contribution in [3.8, 4) is 0 Å². The highest BCUT2D eigenvalue weighted by Crippen LogP contribution is 2.14. The van der Waals surface area contributed by atoms with Crippen molar-refractivity contribution in [1.82, 2.24) is 20.2 Å². The normalized spacial score (nSPS) is 18.3. The SMILES string of the molecule is CC1CNCCC1NC(=O)c1cccc(NC(=O)CCn2ccnc2)c1.Cl.Cl. The van der Waals surface area contributed by atoms with Gasteiger partial charge >= 0.3 is 0 Å². The molecule has 1 aromatic carbocycles. The largest absolute Gasteiger partial charge is 0.349 e. The molecule has 0 bridgehead atoms. The number of rotatable bonds is 6. The fourth-order valence-corrected chi connectivity index (χ4v) is 3.09. The number of halogens is 2. The second-order valence-electron chi connectivity index (χ2n) is 6.73. The second-order valence-corrected chi connectivity index (χ2v) is 6.73. The van der Waals surface area contributed by atoms with Gasteiger partial charge in [-0.25, -0.2) is 4.98 Å². The van der Waals surface area contributed by atoms with Gasteiger partial charge in [0.05, 0.1) is 6.33 Å². The minimum Gasteiger partial charge on any atom is -0.349 e. The van der Waals surface area contributed by atoms with Crippen LogP contribution in [0.2, 0.25) is 0 Å². The van der Waals surface area contributed by atoms with E-state index in [4.69, 9.17) is 0 Å². The zero-order valence-corrected chi connectivity index (χ0v) is 17.4. The van der Waals surface area contributed by atoms with Crippen molar-refractivity contribution >= 4 is 42.3 Å². The number of benzene rings is 1. The standard InChI is InChI=1S/C19H25N5O2.2ClH/c1-14-12-20-7-5-17(14)23-19(26)15-3-2-4-16(11-15)22-18(25)6-9-24-10-8-21-13-24;;/h2-4,8,10-11,13-14,17,20H,5-7,9,12H2,1H3,(H,22,25)(H,23,26);2*1H. The van der Waals surface area contributed by atoms with Crippen LogP contribution in [0.1, 0.15) is 30.1 Å².